The van der Waals surface area contributed by atoms with Crippen molar-refractivity contribution >= 4 is 5.91 Å². The van der Waals surface area contributed by atoms with E-state index in [1.807, 2.05) is 17.0 Å². The van der Waals surface area contributed by atoms with Crippen molar-refractivity contribution in [3.05, 3.63) is 35.6 Å². The van der Waals surface area contributed by atoms with Crippen molar-refractivity contribution < 1.29 is 19.0 Å². The van der Waals surface area contributed by atoms with Gasteiger partial charge >= 0.3 is 0 Å². The highest BCUT2D eigenvalue weighted by atomic mass is 19.1. The van der Waals surface area contributed by atoms with E-state index >= 15 is 0 Å². The Bertz CT molecular complexity index is 662. The summed E-state index contributed by atoms with van der Waals surface area (Å²) < 4.78 is 18.8. The minimum absolute atomic E-state index is 0.0466. The number of piperidine rings is 1. The van der Waals surface area contributed by atoms with Crippen molar-refractivity contribution in [1.29, 1.82) is 0 Å². The summed E-state index contributed by atoms with van der Waals surface area (Å²) in [5.74, 6) is -0.0565. The highest BCUT2D eigenvalue weighted by molar-refractivity contribution is 5.78. The molecular formula is C21H29FN2O3. The molecule has 0 bridgehead atoms. The number of aliphatic hydroxyl groups is 1. The van der Waals surface area contributed by atoms with E-state index in [1.54, 1.807) is 0 Å². The number of hydrogen-bond acceptors (Lipinski definition) is 4. The number of nitrogens with zero attached hydrogens (tertiary/aromatic N) is 2. The third-order valence-electron chi connectivity index (χ3n) is 6.59. The third-order valence-corrected chi connectivity index (χ3v) is 6.59. The van der Waals surface area contributed by atoms with E-state index in [-0.39, 0.29) is 23.7 Å². The number of halogens is 1. The van der Waals surface area contributed by atoms with Crippen molar-refractivity contribution in [2.24, 2.45) is 5.92 Å². The molecule has 4 rings (SSSR count). The van der Waals surface area contributed by atoms with Crippen LogP contribution < -0.4 is 0 Å². The zero-order valence-corrected chi connectivity index (χ0v) is 15.8. The fraction of sp³-hybridized carbons (Fsp3) is 0.667. The molecular weight excluding hydrogens is 347 g/mol. The number of fused-ring (bicyclic) bond motifs is 1. The first-order valence-electron chi connectivity index (χ1n) is 10.1. The molecule has 0 spiro atoms. The van der Waals surface area contributed by atoms with Crippen molar-refractivity contribution in [2.75, 3.05) is 39.4 Å². The molecule has 6 heteroatoms. The molecule has 1 aliphatic carbocycles. The van der Waals surface area contributed by atoms with Gasteiger partial charge in [-0.3, -0.25) is 9.69 Å². The van der Waals surface area contributed by atoms with Crippen LogP contribution in [-0.2, 0) is 9.53 Å². The first-order valence-corrected chi connectivity index (χ1v) is 10.1. The van der Waals surface area contributed by atoms with E-state index in [9.17, 15) is 14.3 Å². The zero-order chi connectivity index (χ0) is 18.9. The second kappa shape index (κ2) is 7.86. The van der Waals surface area contributed by atoms with E-state index in [0.29, 0.717) is 45.8 Å². The van der Waals surface area contributed by atoms with Gasteiger partial charge in [0.1, 0.15) is 5.82 Å². The van der Waals surface area contributed by atoms with Gasteiger partial charge in [0.2, 0.25) is 5.91 Å². The predicted octanol–water partition coefficient (Wildman–Crippen LogP) is 2.35. The summed E-state index contributed by atoms with van der Waals surface area (Å²) >= 11 is 0. The number of benzene rings is 1. The summed E-state index contributed by atoms with van der Waals surface area (Å²) in [5, 5.41) is 11.3. The van der Waals surface area contributed by atoms with Crippen molar-refractivity contribution in [1.82, 2.24) is 9.80 Å². The van der Waals surface area contributed by atoms with E-state index in [4.69, 9.17) is 4.74 Å². The second-order valence-electron chi connectivity index (χ2n) is 8.17. The molecule has 0 radical (unpaired) electrons. The normalized spacial score (nSPS) is 32.1. The number of carbonyl (C=O) groups is 1. The lowest BCUT2D eigenvalue weighted by Crippen LogP contribution is -2.57. The third kappa shape index (κ3) is 3.89. The molecule has 1 saturated carbocycles. The molecule has 5 nitrogen and oxygen atoms in total. The second-order valence-corrected chi connectivity index (χ2v) is 8.17. The van der Waals surface area contributed by atoms with Crippen molar-refractivity contribution in [3.63, 3.8) is 0 Å². The van der Waals surface area contributed by atoms with Crippen LogP contribution >= 0.6 is 0 Å². The van der Waals surface area contributed by atoms with Gasteiger partial charge < -0.3 is 14.7 Å². The Kier molecular flexibility index (Phi) is 5.48. The van der Waals surface area contributed by atoms with E-state index < -0.39 is 5.60 Å². The van der Waals surface area contributed by atoms with Crippen LogP contribution in [0, 0.1) is 11.7 Å². The van der Waals surface area contributed by atoms with Gasteiger partial charge in [-0.1, -0.05) is 25.0 Å². The number of amides is 1. The van der Waals surface area contributed by atoms with Crippen LogP contribution in [0.5, 0.6) is 0 Å². The highest BCUT2D eigenvalue weighted by Crippen LogP contribution is 2.49. The van der Waals surface area contributed by atoms with Gasteiger partial charge in [-0.25, -0.2) is 4.39 Å². The molecule has 2 aliphatic heterocycles. The molecule has 148 valence electrons. The van der Waals surface area contributed by atoms with E-state index in [2.05, 4.69) is 4.90 Å². The molecule has 2 heterocycles. The van der Waals surface area contributed by atoms with Gasteiger partial charge in [0.15, 0.2) is 0 Å². The fourth-order valence-corrected chi connectivity index (χ4v) is 5.11. The quantitative estimate of drug-likeness (QED) is 0.880. The minimum atomic E-state index is -0.671. The Hall–Kier alpha value is -1.50. The van der Waals surface area contributed by atoms with Crippen LogP contribution in [0.15, 0.2) is 24.3 Å². The topological polar surface area (TPSA) is 53.0 Å². The number of hydrogen-bond donors (Lipinski definition) is 1. The van der Waals surface area contributed by atoms with Gasteiger partial charge in [-0.05, 0) is 37.0 Å². The maximum atomic E-state index is 13.5. The Labute approximate surface area is 160 Å². The van der Waals surface area contributed by atoms with E-state index in [1.165, 1.54) is 12.1 Å². The molecule has 1 aromatic carbocycles. The van der Waals surface area contributed by atoms with Crippen molar-refractivity contribution in [3.8, 4) is 0 Å². The smallest absolute Gasteiger partial charge is 0.236 e. The average Bonchev–Trinajstić information content (AvgIpc) is 2.69. The minimum Gasteiger partial charge on any atom is -0.389 e. The molecule has 3 unspecified atom stereocenters. The van der Waals surface area contributed by atoms with Gasteiger partial charge in [-0.15, -0.1) is 0 Å². The molecule has 3 atom stereocenters. The zero-order valence-electron chi connectivity index (χ0n) is 15.8. The summed E-state index contributed by atoms with van der Waals surface area (Å²) in [6.07, 6.45) is 4.61. The lowest BCUT2D eigenvalue weighted by molar-refractivity contribution is -0.147. The Morgan fingerprint density at radius 1 is 1.15 bits per heavy atom. The predicted molar refractivity (Wildman–Crippen MR) is 99.6 cm³/mol. The van der Waals surface area contributed by atoms with Crippen LogP contribution in [0.4, 0.5) is 4.39 Å². The number of likely N-dealkylation sites (tertiary alicyclic amines) is 1. The Morgan fingerprint density at radius 3 is 2.63 bits per heavy atom. The molecule has 1 N–H and O–H groups in total. The number of morpholine rings is 1. The van der Waals surface area contributed by atoms with E-state index in [0.717, 1.165) is 31.2 Å². The lowest BCUT2D eigenvalue weighted by atomic mass is 9.66. The molecule has 1 aromatic rings. The summed E-state index contributed by atoms with van der Waals surface area (Å²) in [4.78, 5) is 16.9. The summed E-state index contributed by atoms with van der Waals surface area (Å²) in [7, 11) is 0. The maximum absolute atomic E-state index is 13.5. The number of carbonyl (C=O) groups excluding carboxylic acids is 1. The van der Waals surface area contributed by atoms with Crippen LogP contribution in [-0.4, -0.2) is 65.8 Å². The Balaban J connectivity index is 1.58. The lowest BCUT2D eigenvalue weighted by Gasteiger charge is -2.52. The highest BCUT2D eigenvalue weighted by Gasteiger charge is 2.49. The number of rotatable bonds is 3. The monoisotopic (exact) mass is 376 g/mol. The van der Waals surface area contributed by atoms with Crippen LogP contribution in [0.1, 0.15) is 43.7 Å². The summed E-state index contributed by atoms with van der Waals surface area (Å²) in [6, 6.07) is 6.54. The maximum Gasteiger partial charge on any atom is 0.236 e. The standard InChI is InChI=1S/C21H29FN2O3/c22-17-6-4-16(5-7-17)20-18-3-1-2-8-21(18,26)9-10-24(20)15-19(25)23-11-13-27-14-12-23/h4-7,18,20,26H,1-3,8-15H2. The van der Waals surface area contributed by atoms with Crippen LogP contribution in [0.25, 0.3) is 0 Å². The van der Waals surface area contributed by atoms with Gasteiger partial charge in [0, 0.05) is 31.6 Å². The molecule has 1 amide bonds. The van der Waals surface area contributed by atoms with Gasteiger partial charge in [0.05, 0.1) is 25.4 Å². The largest absolute Gasteiger partial charge is 0.389 e. The fourth-order valence-electron chi connectivity index (χ4n) is 5.11. The van der Waals surface area contributed by atoms with Crippen LogP contribution in [0.2, 0.25) is 0 Å². The molecule has 3 aliphatic rings. The van der Waals surface area contributed by atoms with Gasteiger partial charge in [0.25, 0.3) is 0 Å². The molecule has 0 aromatic heterocycles. The summed E-state index contributed by atoms with van der Waals surface area (Å²) in [6.45, 7) is 3.49. The SMILES string of the molecule is O=C(CN1CCC2(O)CCCCC2C1c1ccc(F)cc1)N1CCOCC1. The Morgan fingerprint density at radius 2 is 1.89 bits per heavy atom. The molecule has 27 heavy (non-hydrogen) atoms. The van der Waals surface area contributed by atoms with Crippen molar-refractivity contribution in [2.45, 2.75) is 43.7 Å². The first-order chi connectivity index (χ1) is 13.1. The molecule has 2 saturated heterocycles. The molecule has 3 fully saturated rings. The van der Waals surface area contributed by atoms with Gasteiger partial charge in [-0.2, -0.15) is 0 Å². The number of ether oxygens (including phenoxy) is 1. The first kappa shape index (κ1) is 18.8. The summed E-state index contributed by atoms with van der Waals surface area (Å²) in [5.41, 5.74) is 0.326. The van der Waals surface area contributed by atoms with Crippen LogP contribution in [0.3, 0.4) is 0 Å². The average molecular weight is 376 g/mol.